The molecule has 1 amide bonds. The third-order valence-electron chi connectivity index (χ3n) is 6.45. The van der Waals surface area contributed by atoms with Crippen molar-refractivity contribution in [3.05, 3.63) is 66.7 Å². The van der Waals surface area contributed by atoms with Gasteiger partial charge in [0.2, 0.25) is 0 Å². The predicted molar refractivity (Wildman–Crippen MR) is 127 cm³/mol. The standard InChI is InChI=1S/C26H31N3O2/c1-4-29(25-14-7-10-21-9-5-6-13-24(21)25)26(30)20(2)27-15-17-28(18-16-27)22-11-8-12-23(19-22)31-3/h5-14,19-20H,4,15-18H2,1-3H3/p+1/t20-/m1/s1. The van der Waals surface area contributed by atoms with Crippen molar-refractivity contribution < 1.29 is 14.4 Å². The number of anilines is 2. The Bertz CT molecular complexity index is 1040. The molecule has 3 aromatic rings. The van der Waals surface area contributed by atoms with Gasteiger partial charge in [-0.15, -0.1) is 0 Å². The van der Waals surface area contributed by atoms with E-state index in [-0.39, 0.29) is 11.9 Å². The maximum absolute atomic E-state index is 13.5. The van der Waals surface area contributed by atoms with Crippen molar-refractivity contribution >= 4 is 28.1 Å². The third-order valence-corrected chi connectivity index (χ3v) is 6.45. The average Bonchev–Trinajstić information content (AvgIpc) is 2.84. The van der Waals surface area contributed by atoms with Crippen LogP contribution >= 0.6 is 0 Å². The lowest BCUT2D eigenvalue weighted by molar-refractivity contribution is -0.914. The summed E-state index contributed by atoms with van der Waals surface area (Å²) in [7, 11) is 1.70. The van der Waals surface area contributed by atoms with Crippen LogP contribution in [0, 0.1) is 0 Å². The van der Waals surface area contributed by atoms with Crippen LogP contribution in [0.3, 0.4) is 0 Å². The lowest BCUT2D eigenvalue weighted by Gasteiger charge is -2.37. The van der Waals surface area contributed by atoms with Crippen LogP contribution in [0.2, 0.25) is 0 Å². The SMILES string of the molecule is CCN(C(=O)[C@@H](C)[NH+]1CCN(c2cccc(OC)c2)CC1)c1cccc2ccccc12. The maximum Gasteiger partial charge on any atom is 0.284 e. The highest BCUT2D eigenvalue weighted by molar-refractivity contribution is 6.04. The summed E-state index contributed by atoms with van der Waals surface area (Å²) < 4.78 is 5.37. The summed E-state index contributed by atoms with van der Waals surface area (Å²) in [5, 5.41) is 2.29. The fourth-order valence-corrected chi connectivity index (χ4v) is 4.59. The summed E-state index contributed by atoms with van der Waals surface area (Å²) >= 11 is 0. The number of nitrogens with one attached hydrogen (secondary N) is 1. The summed E-state index contributed by atoms with van der Waals surface area (Å²) in [6.45, 7) is 8.55. The van der Waals surface area contributed by atoms with Crippen molar-refractivity contribution in [2.45, 2.75) is 19.9 Å². The molecule has 1 heterocycles. The fraction of sp³-hybridized carbons (Fsp3) is 0.346. The molecule has 0 saturated carbocycles. The minimum absolute atomic E-state index is 0.0774. The first-order valence-corrected chi connectivity index (χ1v) is 11.1. The Morgan fingerprint density at radius 1 is 1.06 bits per heavy atom. The van der Waals surface area contributed by atoms with Gasteiger partial charge < -0.3 is 19.4 Å². The lowest BCUT2D eigenvalue weighted by Crippen LogP contribution is -3.19. The van der Waals surface area contributed by atoms with Crippen LogP contribution in [0.25, 0.3) is 10.8 Å². The molecular formula is C26H32N3O2+. The molecule has 0 aromatic heterocycles. The van der Waals surface area contributed by atoms with Crippen LogP contribution in [-0.4, -0.2) is 51.8 Å². The van der Waals surface area contributed by atoms with E-state index in [0.717, 1.165) is 48.4 Å². The number of rotatable bonds is 6. The van der Waals surface area contributed by atoms with E-state index in [0.29, 0.717) is 6.54 Å². The van der Waals surface area contributed by atoms with E-state index in [2.05, 4.69) is 55.1 Å². The first kappa shape index (κ1) is 21.2. The third kappa shape index (κ3) is 4.37. The zero-order valence-electron chi connectivity index (χ0n) is 18.7. The molecule has 1 fully saturated rings. The minimum Gasteiger partial charge on any atom is -0.497 e. The smallest absolute Gasteiger partial charge is 0.284 e. The first-order valence-electron chi connectivity index (χ1n) is 11.1. The molecule has 0 aliphatic carbocycles. The molecule has 5 nitrogen and oxygen atoms in total. The van der Waals surface area contributed by atoms with Crippen LogP contribution in [-0.2, 0) is 4.79 Å². The zero-order chi connectivity index (χ0) is 21.8. The van der Waals surface area contributed by atoms with Crippen molar-refractivity contribution in [2.24, 2.45) is 0 Å². The Morgan fingerprint density at radius 3 is 2.52 bits per heavy atom. The normalized spacial score (nSPS) is 15.6. The summed E-state index contributed by atoms with van der Waals surface area (Å²) in [6, 6.07) is 22.6. The van der Waals surface area contributed by atoms with Crippen LogP contribution in [0.4, 0.5) is 11.4 Å². The van der Waals surface area contributed by atoms with Crippen LogP contribution in [0.15, 0.2) is 66.7 Å². The van der Waals surface area contributed by atoms with Gasteiger partial charge in [0.1, 0.15) is 5.75 Å². The summed E-state index contributed by atoms with van der Waals surface area (Å²) in [5.74, 6) is 1.08. The van der Waals surface area contributed by atoms with Gasteiger partial charge in [-0.2, -0.15) is 0 Å². The molecule has 1 N–H and O–H groups in total. The molecule has 31 heavy (non-hydrogen) atoms. The second-order valence-corrected chi connectivity index (χ2v) is 8.15. The molecular weight excluding hydrogens is 386 g/mol. The Balaban J connectivity index is 1.46. The van der Waals surface area contributed by atoms with E-state index in [4.69, 9.17) is 4.74 Å². The molecule has 0 unspecified atom stereocenters. The fourth-order valence-electron chi connectivity index (χ4n) is 4.59. The van der Waals surface area contributed by atoms with Gasteiger partial charge in [0.25, 0.3) is 5.91 Å². The number of carbonyl (C=O) groups is 1. The molecule has 0 bridgehead atoms. The van der Waals surface area contributed by atoms with Crippen molar-refractivity contribution in [2.75, 3.05) is 49.6 Å². The molecule has 162 valence electrons. The van der Waals surface area contributed by atoms with Gasteiger partial charge in [-0.1, -0.05) is 42.5 Å². The van der Waals surface area contributed by atoms with Crippen molar-refractivity contribution in [1.82, 2.24) is 0 Å². The number of hydrogen-bond donors (Lipinski definition) is 1. The Labute approximate surface area is 184 Å². The summed E-state index contributed by atoms with van der Waals surface area (Å²) in [5.41, 5.74) is 2.19. The predicted octanol–water partition coefficient (Wildman–Crippen LogP) is 2.99. The molecule has 1 aliphatic heterocycles. The minimum atomic E-state index is -0.0774. The lowest BCUT2D eigenvalue weighted by atomic mass is 10.1. The number of benzene rings is 3. The molecule has 0 radical (unpaired) electrons. The molecule has 3 aromatic carbocycles. The van der Waals surface area contributed by atoms with E-state index >= 15 is 0 Å². The van der Waals surface area contributed by atoms with Gasteiger partial charge in [-0.3, -0.25) is 4.79 Å². The topological polar surface area (TPSA) is 37.2 Å². The van der Waals surface area contributed by atoms with Crippen LogP contribution in [0.5, 0.6) is 5.75 Å². The highest BCUT2D eigenvalue weighted by Gasteiger charge is 2.32. The molecule has 1 atom stereocenters. The number of carbonyl (C=O) groups excluding carboxylic acids is 1. The summed E-state index contributed by atoms with van der Waals surface area (Å²) in [6.07, 6.45) is 0. The first-order chi connectivity index (χ1) is 15.1. The number of methoxy groups -OCH3 is 1. The monoisotopic (exact) mass is 418 g/mol. The van der Waals surface area contributed by atoms with Gasteiger partial charge >= 0.3 is 0 Å². The van der Waals surface area contributed by atoms with Gasteiger partial charge in [-0.25, -0.2) is 0 Å². The van der Waals surface area contributed by atoms with E-state index in [9.17, 15) is 4.79 Å². The molecule has 0 spiro atoms. The van der Waals surface area contributed by atoms with Crippen molar-refractivity contribution in [3.8, 4) is 5.75 Å². The number of piperazine rings is 1. The van der Waals surface area contributed by atoms with Gasteiger partial charge in [0.05, 0.1) is 39.0 Å². The van der Waals surface area contributed by atoms with Crippen LogP contribution < -0.4 is 19.4 Å². The highest BCUT2D eigenvalue weighted by atomic mass is 16.5. The number of nitrogens with zero attached hydrogens (tertiary/aromatic N) is 2. The zero-order valence-corrected chi connectivity index (χ0v) is 18.7. The maximum atomic E-state index is 13.5. The van der Waals surface area contributed by atoms with E-state index in [1.54, 1.807) is 7.11 Å². The van der Waals surface area contributed by atoms with Crippen molar-refractivity contribution in [1.29, 1.82) is 0 Å². The van der Waals surface area contributed by atoms with Gasteiger partial charge in [0.15, 0.2) is 6.04 Å². The molecule has 4 rings (SSSR count). The number of fused-ring (bicyclic) bond motifs is 1. The van der Waals surface area contributed by atoms with E-state index in [1.165, 1.54) is 10.6 Å². The second kappa shape index (κ2) is 9.40. The number of hydrogen-bond acceptors (Lipinski definition) is 3. The highest BCUT2D eigenvalue weighted by Crippen LogP contribution is 2.27. The van der Waals surface area contributed by atoms with E-state index in [1.807, 2.05) is 35.2 Å². The van der Waals surface area contributed by atoms with Crippen molar-refractivity contribution in [3.63, 3.8) is 0 Å². The number of likely N-dealkylation sites (N-methyl/N-ethyl adjacent to an activating group) is 1. The van der Waals surface area contributed by atoms with E-state index < -0.39 is 0 Å². The van der Waals surface area contributed by atoms with Gasteiger partial charge in [0, 0.05) is 23.7 Å². The molecule has 1 aliphatic rings. The van der Waals surface area contributed by atoms with Gasteiger partial charge in [-0.05, 0) is 37.4 Å². The Hall–Kier alpha value is -3.05. The number of amides is 1. The van der Waals surface area contributed by atoms with Crippen LogP contribution in [0.1, 0.15) is 13.8 Å². The second-order valence-electron chi connectivity index (χ2n) is 8.15. The summed E-state index contributed by atoms with van der Waals surface area (Å²) in [4.78, 5) is 19.2. The average molecular weight is 419 g/mol. The molecule has 1 saturated heterocycles. The number of quaternary nitrogens is 1. The Morgan fingerprint density at radius 2 is 1.77 bits per heavy atom. The quantitative estimate of drug-likeness (QED) is 0.669. The number of ether oxygens (including phenoxy) is 1. The largest absolute Gasteiger partial charge is 0.497 e. The molecule has 5 heteroatoms. The Kier molecular flexibility index (Phi) is 6.42.